The van der Waals surface area contributed by atoms with Crippen LogP contribution in [0.15, 0.2) is 41.8 Å². The van der Waals surface area contributed by atoms with Gasteiger partial charge in [0.05, 0.1) is 43.1 Å². The first kappa shape index (κ1) is 43.0. The number of amides is 1. The number of halogens is 4. The summed E-state index contributed by atoms with van der Waals surface area (Å²) in [5.41, 5.74) is -0.576. The Morgan fingerprint density at radius 2 is 1.81 bits per heavy atom. The summed E-state index contributed by atoms with van der Waals surface area (Å²) in [4.78, 5) is 38.7. The highest BCUT2D eigenvalue weighted by Crippen LogP contribution is 2.47. The Morgan fingerprint density at radius 3 is 2.40 bits per heavy atom. The summed E-state index contributed by atoms with van der Waals surface area (Å²) in [6, 6.07) is 5.46. The van der Waals surface area contributed by atoms with E-state index in [1.807, 2.05) is 31.4 Å². The summed E-state index contributed by atoms with van der Waals surface area (Å²) in [5.74, 6) is -1.10. The van der Waals surface area contributed by atoms with E-state index in [1.165, 1.54) is 23.3 Å². The highest BCUT2D eigenvalue weighted by molar-refractivity contribution is 7.13. The third-order valence-corrected chi connectivity index (χ3v) is 12.1. The number of nitrogens with zero attached hydrogens (tertiary/aromatic N) is 3. The second kappa shape index (κ2) is 16.3. The van der Waals surface area contributed by atoms with E-state index in [-0.39, 0.29) is 30.5 Å². The molecule has 3 heterocycles. The molecule has 58 heavy (non-hydrogen) atoms. The molecule has 0 radical (unpaired) electrons. The molecule has 1 aliphatic heterocycles. The van der Waals surface area contributed by atoms with Gasteiger partial charge in [0.15, 0.2) is 0 Å². The van der Waals surface area contributed by atoms with E-state index >= 15 is 0 Å². The first-order chi connectivity index (χ1) is 27.2. The number of pyridine rings is 1. The van der Waals surface area contributed by atoms with E-state index in [0.717, 1.165) is 23.4 Å². The second-order valence-electron chi connectivity index (χ2n) is 16.6. The fourth-order valence-electron chi connectivity index (χ4n) is 7.82. The molecule has 16 heteroatoms. The lowest BCUT2D eigenvalue weighted by molar-refractivity contribution is -0.148. The molecule has 2 fully saturated rings. The molecule has 1 aliphatic carbocycles. The summed E-state index contributed by atoms with van der Waals surface area (Å²) >= 11 is 1.46. The average Bonchev–Trinajstić information content (AvgIpc) is 3.44. The molecule has 6 atom stereocenters. The van der Waals surface area contributed by atoms with Crippen molar-refractivity contribution < 1.29 is 46.5 Å². The molecule has 314 valence electrons. The number of nitrogens with one attached hydrogen (secondary N) is 2. The van der Waals surface area contributed by atoms with Gasteiger partial charge >= 0.3 is 12.1 Å². The van der Waals surface area contributed by atoms with Crippen molar-refractivity contribution in [2.24, 2.45) is 11.3 Å². The van der Waals surface area contributed by atoms with Gasteiger partial charge in [0, 0.05) is 41.0 Å². The number of benzene rings is 2. The van der Waals surface area contributed by atoms with Crippen molar-refractivity contribution in [1.82, 2.24) is 20.2 Å². The van der Waals surface area contributed by atoms with Crippen LogP contribution in [0.3, 0.4) is 0 Å². The molecule has 1 saturated heterocycles. The number of fused-ring (bicyclic) bond motifs is 1. The standard InChI is InChI=1S/C42H51F4N5O6S/c1-10-23-18-41(23,39(54)56-9)50-36(52)31-16-27(19-51(31)38(53)35(40(5,6)7)47-26-14-24(42(44,45)46)13-25(43)15-26)57-33-17-29(37-49-30(20-58-37)21(2)3)48-34-22(4)32(55-8)12-11-28(33)34/h11-15,17,20-21,23,27,31,35,38,47,53H,10,16,18-19H2,1-9H3,(H,50,52). The Morgan fingerprint density at radius 1 is 1.09 bits per heavy atom. The first-order valence-electron chi connectivity index (χ1n) is 19.3. The van der Waals surface area contributed by atoms with Gasteiger partial charge in [-0.15, -0.1) is 11.3 Å². The number of carbonyl (C=O) groups excluding carboxylic acids is 2. The lowest BCUT2D eigenvalue weighted by atomic mass is 9.84. The van der Waals surface area contributed by atoms with Crippen molar-refractivity contribution in [2.45, 2.75) is 110 Å². The highest BCUT2D eigenvalue weighted by atomic mass is 32.1. The highest BCUT2D eigenvalue weighted by Gasteiger charge is 2.62. The van der Waals surface area contributed by atoms with E-state index in [0.29, 0.717) is 52.0 Å². The topological polar surface area (TPSA) is 135 Å². The van der Waals surface area contributed by atoms with Crippen molar-refractivity contribution in [3.05, 3.63) is 64.4 Å². The van der Waals surface area contributed by atoms with Gasteiger partial charge in [-0.2, -0.15) is 13.2 Å². The average molecular weight is 830 g/mol. The smallest absolute Gasteiger partial charge is 0.416 e. The monoisotopic (exact) mass is 829 g/mol. The van der Waals surface area contributed by atoms with Crippen LogP contribution in [0.1, 0.15) is 83.5 Å². The summed E-state index contributed by atoms with van der Waals surface area (Å²) < 4.78 is 73.2. The number of aromatic nitrogens is 2. The number of thiazole rings is 1. The minimum Gasteiger partial charge on any atom is -0.496 e. The maximum atomic E-state index is 14.6. The quantitative estimate of drug-likeness (QED) is 0.0897. The van der Waals surface area contributed by atoms with E-state index < -0.39 is 64.8 Å². The molecule has 0 bridgehead atoms. The Hall–Kier alpha value is -4.54. The van der Waals surface area contributed by atoms with Crippen molar-refractivity contribution >= 4 is 39.8 Å². The largest absolute Gasteiger partial charge is 0.496 e. The van der Waals surface area contributed by atoms with E-state index in [1.54, 1.807) is 33.9 Å². The van der Waals surface area contributed by atoms with Crippen LogP contribution < -0.4 is 20.1 Å². The van der Waals surface area contributed by atoms with Crippen LogP contribution in [-0.2, 0) is 20.5 Å². The van der Waals surface area contributed by atoms with Gasteiger partial charge < -0.3 is 30.0 Å². The van der Waals surface area contributed by atoms with Gasteiger partial charge in [0.25, 0.3) is 0 Å². The Balaban J connectivity index is 1.39. The first-order valence-corrected chi connectivity index (χ1v) is 20.2. The molecule has 2 aromatic heterocycles. The number of aliphatic hydroxyl groups excluding tert-OH is 1. The molecule has 3 N–H and O–H groups in total. The zero-order valence-electron chi connectivity index (χ0n) is 34.1. The van der Waals surface area contributed by atoms with Gasteiger partial charge in [-0.1, -0.05) is 48.0 Å². The molecule has 0 spiro atoms. The van der Waals surface area contributed by atoms with Gasteiger partial charge in [-0.05, 0) is 60.9 Å². The zero-order chi connectivity index (χ0) is 42.5. The van der Waals surface area contributed by atoms with Gasteiger partial charge in [-0.25, -0.2) is 19.2 Å². The van der Waals surface area contributed by atoms with Crippen LogP contribution in [0.25, 0.3) is 21.6 Å². The van der Waals surface area contributed by atoms with Crippen molar-refractivity contribution in [1.29, 1.82) is 0 Å². The predicted octanol–water partition coefficient (Wildman–Crippen LogP) is 8.08. The summed E-state index contributed by atoms with van der Waals surface area (Å²) in [6.07, 6.45) is -5.98. The third kappa shape index (κ3) is 8.60. The predicted molar refractivity (Wildman–Crippen MR) is 213 cm³/mol. The van der Waals surface area contributed by atoms with Gasteiger partial charge in [-0.3, -0.25) is 9.69 Å². The number of esters is 1. The minimum absolute atomic E-state index is 0.00404. The third-order valence-electron chi connectivity index (χ3n) is 11.2. The number of hydrogen-bond donors (Lipinski definition) is 3. The summed E-state index contributed by atoms with van der Waals surface area (Å²) in [6.45, 7) is 13.2. The number of hydrogen-bond acceptors (Lipinski definition) is 11. The molecule has 2 aromatic carbocycles. The number of aryl methyl sites for hydroxylation is 1. The molecule has 1 saturated carbocycles. The van der Waals surface area contributed by atoms with Crippen molar-refractivity contribution in [2.75, 3.05) is 26.1 Å². The van der Waals surface area contributed by atoms with Crippen LogP contribution in [0.4, 0.5) is 23.2 Å². The summed E-state index contributed by atoms with van der Waals surface area (Å²) in [7, 11) is 2.83. The molecule has 11 nitrogen and oxygen atoms in total. The fourth-order valence-corrected chi connectivity index (χ4v) is 8.76. The molecular formula is C42H51F4N5O6S. The van der Waals surface area contributed by atoms with Crippen LogP contribution in [0.2, 0.25) is 0 Å². The van der Waals surface area contributed by atoms with Crippen molar-refractivity contribution in [3.63, 3.8) is 0 Å². The Kier molecular flexibility index (Phi) is 12.1. The molecule has 6 unspecified atom stereocenters. The van der Waals surface area contributed by atoms with Crippen LogP contribution >= 0.6 is 11.3 Å². The van der Waals surface area contributed by atoms with Crippen molar-refractivity contribution in [3.8, 4) is 22.2 Å². The van der Waals surface area contributed by atoms with E-state index in [4.69, 9.17) is 24.2 Å². The number of carbonyl (C=O) groups is 2. The molecule has 6 rings (SSSR count). The lowest BCUT2D eigenvalue weighted by Crippen LogP contribution is -2.59. The Bertz CT molecular complexity index is 2170. The second-order valence-corrected chi connectivity index (χ2v) is 17.5. The molecular weight excluding hydrogens is 779 g/mol. The molecule has 1 amide bonds. The SMILES string of the molecule is CCC1CC1(NC(=O)C1CC(Oc2cc(-c3nc(C(C)C)cs3)nc3c(C)c(OC)ccc23)CN1C(O)C(Nc1cc(F)cc(C(F)(F)F)c1)C(C)(C)C)C(=O)OC. The normalized spacial score (nSPS) is 22.2. The van der Waals surface area contributed by atoms with Gasteiger partial charge in [0.1, 0.15) is 45.9 Å². The number of ether oxygens (including phenoxy) is 3. The number of aliphatic hydroxyl groups is 1. The number of alkyl halides is 3. The number of likely N-dealkylation sites (tertiary alicyclic amines) is 1. The number of methoxy groups -OCH3 is 2. The number of rotatable bonds is 13. The molecule has 4 aromatic rings. The molecule has 2 aliphatic rings. The lowest BCUT2D eigenvalue weighted by Gasteiger charge is -2.41. The van der Waals surface area contributed by atoms with Crippen LogP contribution in [-0.4, -0.2) is 82.6 Å². The van der Waals surface area contributed by atoms with Crippen LogP contribution in [0, 0.1) is 24.1 Å². The maximum Gasteiger partial charge on any atom is 0.416 e. The Labute approximate surface area is 339 Å². The zero-order valence-corrected chi connectivity index (χ0v) is 34.9. The van der Waals surface area contributed by atoms with E-state index in [2.05, 4.69) is 24.5 Å². The van der Waals surface area contributed by atoms with E-state index in [9.17, 15) is 32.3 Å². The maximum absolute atomic E-state index is 14.6. The summed E-state index contributed by atoms with van der Waals surface area (Å²) in [5, 5.41) is 21.5. The minimum atomic E-state index is -4.82. The van der Waals surface area contributed by atoms with Crippen LogP contribution in [0.5, 0.6) is 11.5 Å². The van der Waals surface area contributed by atoms with Gasteiger partial charge in [0.2, 0.25) is 5.91 Å². The number of anilines is 1. The fraction of sp³-hybridized carbons (Fsp3) is 0.524.